The molecule has 0 radical (unpaired) electrons. The number of rotatable bonds is 16. The molecule has 5 nitrogen and oxygen atoms in total. The lowest BCUT2D eigenvalue weighted by atomic mass is 10.1. The van der Waals surface area contributed by atoms with E-state index in [0.717, 1.165) is 18.7 Å². The molecule has 0 fully saturated rings. The quantitative estimate of drug-likeness (QED) is 0.342. The van der Waals surface area contributed by atoms with Crippen LogP contribution in [0.4, 0.5) is 0 Å². The van der Waals surface area contributed by atoms with Gasteiger partial charge in [-0.25, -0.2) is 4.98 Å². The van der Waals surface area contributed by atoms with Crippen molar-refractivity contribution in [1.29, 1.82) is 0 Å². The lowest BCUT2D eigenvalue weighted by molar-refractivity contribution is -0.145. The van der Waals surface area contributed by atoms with E-state index in [0.29, 0.717) is 13.0 Å². The smallest absolute Gasteiger partial charge is 0.323 e. The van der Waals surface area contributed by atoms with E-state index in [2.05, 4.69) is 22.2 Å². The summed E-state index contributed by atoms with van der Waals surface area (Å²) in [5, 5.41) is 3.35. The van der Waals surface area contributed by atoms with Gasteiger partial charge in [0.05, 0.1) is 12.9 Å². The molecule has 0 aliphatic heterocycles. The lowest BCUT2D eigenvalue weighted by Crippen LogP contribution is -2.40. The predicted molar refractivity (Wildman–Crippen MR) is 103 cm³/mol. The van der Waals surface area contributed by atoms with Crippen LogP contribution in [0.15, 0.2) is 12.5 Å². The van der Waals surface area contributed by atoms with Gasteiger partial charge in [0.15, 0.2) is 0 Å². The Bertz CT molecular complexity index is 421. The van der Waals surface area contributed by atoms with E-state index < -0.39 is 0 Å². The number of unbranched alkanes of at least 4 members (excludes halogenated alkanes) is 9. The van der Waals surface area contributed by atoms with E-state index in [-0.39, 0.29) is 12.0 Å². The van der Waals surface area contributed by atoms with Gasteiger partial charge < -0.3 is 15.0 Å². The summed E-state index contributed by atoms with van der Waals surface area (Å²) in [7, 11) is 0. The van der Waals surface area contributed by atoms with Gasteiger partial charge in [0.1, 0.15) is 6.04 Å². The fourth-order valence-electron chi connectivity index (χ4n) is 2.99. The molecule has 5 heteroatoms. The summed E-state index contributed by atoms with van der Waals surface area (Å²) in [4.78, 5) is 19.1. The summed E-state index contributed by atoms with van der Waals surface area (Å²) < 4.78 is 5.17. The molecule has 1 atom stereocenters. The van der Waals surface area contributed by atoms with Crippen molar-refractivity contribution in [3.05, 3.63) is 18.2 Å². The molecule has 0 aromatic carbocycles. The molecular formula is C20H37N3O2. The van der Waals surface area contributed by atoms with Crippen molar-refractivity contribution in [2.75, 3.05) is 13.2 Å². The maximum absolute atomic E-state index is 12.1. The van der Waals surface area contributed by atoms with E-state index in [1.165, 1.54) is 57.8 Å². The van der Waals surface area contributed by atoms with Crippen LogP contribution in [-0.2, 0) is 16.0 Å². The summed E-state index contributed by atoms with van der Waals surface area (Å²) >= 11 is 0. The zero-order valence-corrected chi connectivity index (χ0v) is 16.2. The third-order valence-corrected chi connectivity index (χ3v) is 4.47. The molecule has 1 aromatic rings. The van der Waals surface area contributed by atoms with Gasteiger partial charge >= 0.3 is 5.97 Å². The van der Waals surface area contributed by atoms with Crippen LogP contribution in [0, 0.1) is 0 Å². The molecule has 0 saturated carbocycles. The summed E-state index contributed by atoms with van der Waals surface area (Å²) in [5.74, 6) is -0.177. The van der Waals surface area contributed by atoms with E-state index in [9.17, 15) is 4.79 Å². The fraction of sp³-hybridized carbons (Fsp3) is 0.800. The molecule has 1 unspecified atom stereocenters. The summed E-state index contributed by atoms with van der Waals surface area (Å²) in [6.07, 6.45) is 17.2. The first-order chi connectivity index (χ1) is 12.3. The molecule has 0 spiro atoms. The van der Waals surface area contributed by atoms with Crippen LogP contribution in [-0.4, -0.2) is 35.1 Å². The molecule has 0 bridgehead atoms. The third kappa shape index (κ3) is 11.0. The van der Waals surface area contributed by atoms with Crippen molar-refractivity contribution in [2.45, 2.75) is 90.5 Å². The Morgan fingerprint density at radius 1 is 1.08 bits per heavy atom. The van der Waals surface area contributed by atoms with Crippen LogP contribution in [0.25, 0.3) is 0 Å². The average Bonchev–Trinajstić information content (AvgIpc) is 3.12. The highest BCUT2D eigenvalue weighted by Gasteiger charge is 2.19. The van der Waals surface area contributed by atoms with Gasteiger partial charge in [-0.1, -0.05) is 64.7 Å². The molecule has 0 amide bonds. The van der Waals surface area contributed by atoms with Crippen LogP contribution < -0.4 is 5.32 Å². The number of aromatic amines is 1. The number of H-pyrrole nitrogens is 1. The van der Waals surface area contributed by atoms with Crippen molar-refractivity contribution < 1.29 is 9.53 Å². The van der Waals surface area contributed by atoms with Crippen LogP contribution in [0.5, 0.6) is 0 Å². The number of esters is 1. The van der Waals surface area contributed by atoms with Gasteiger partial charge in [0.2, 0.25) is 0 Å². The molecule has 1 heterocycles. The van der Waals surface area contributed by atoms with Crippen LogP contribution >= 0.6 is 0 Å². The molecular weight excluding hydrogens is 314 g/mol. The standard InChI is InChI=1S/C20H37N3O2/c1-3-5-6-7-8-9-10-11-12-13-14-22-19(20(24)25-4-2)15-18-16-21-17-23-18/h16-17,19,22H,3-15H2,1-2H3,(H,21,23). The zero-order chi connectivity index (χ0) is 18.2. The van der Waals surface area contributed by atoms with Crippen molar-refractivity contribution in [3.8, 4) is 0 Å². The van der Waals surface area contributed by atoms with E-state index in [1.807, 2.05) is 6.92 Å². The highest BCUT2D eigenvalue weighted by Crippen LogP contribution is 2.10. The second-order valence-corrected chi connectivity index (χ2v) is 6.72. The number of nitrogens with one attached hydrogen (secondary N) is 2. The largest absolute Gasteiger partial charge is 0.465 e. The van der Waals surface area contributed by atoms with Crippen molar-refractivity contribution in [3.63, 3.8) is 0 Å². The van der Waals surface area contributed by atoms with Gasteiger partial charge in [0.25, 0.3) is 0 Å². The highest BCUT2D eigenvalue weighted by molar-refractivity contribution is 5.76. The second-order valence-electron chi connectivity index (χ2n) is 6.72. The fourth-order valence-corrected chi connectivity index (χ4v) is 2.99. The van der Waals surface area contributed by atoms with E-state index >= 15 is 0 Å². The zero-order valence-electron chi connectivity index (χ0n) is 16.2. The first kappa shape index (κ1) is 21.7. The normalized spacial score (nSPS) is 12.2. The van der Waals surface area contributed by atoms with Crippen LogP contribution in [0.1, 0.15) is 83.7 Å². The molecule has 1 rings (SSSR count). The van der Waals surface area contributed by atoms with E-state index in [4.69, 9.17) is 4.74 Å². The first-order valence-corrected chi connectivity index (χ1v) is 10.1. The molecule has 2 N–H and O–H groups in total. The molecule has 1 aromatic heterocycles. The predicted octanol–water partition coefficient (Wildman–Crippen LogP) is 4.39. The topological polar surface area (TPSA) is 67.0 Å². The average molecular weight is 352 g/mol. The highest BCUT2D eigenvalue weighted by atomic mass is 16.5. The van der Waals surface area contributed by atoms with Gasteiger partial charge in [-0.2, -0.15) is 0 Å². The van der Waals surface area contributed by atoms with Crippen molar-refractivity contribution in [2.24, 2.45) is 0 Å². The number of nitrogens with zero attached hydrogens (tertiary/aromatic N) is 1. The Morgan fingerprint density at radius 3 is 2.28 bits per heavy atom. The lowest BCUT2D eigenvalue weighted by Gasteiger charge is -2.16. The van der Waals surface area contributed by atoms with Crippen LogP contribution in [0.2, 0.25) is 0 Å². The maximum Gasteiger partial charge on any atom is 0.323 e. The Balaban J connectivity index is 2.08. The SMILES string of the molecule is CCCCCCCCCCCCNC(Cc1cnc[nH]1)C(=O)OCC. The minimum absolute atomic E-state index is 0.177. The first-order valence-electron chi connectivity index (χ1n) is 10.1. The Labute approximate surface area is 153 Å². The molecule has 25 heavy (non-hydrogen) atoms. The van der Waals surface area contributed by atoms with Gasteiger partial charge in [-0.15, -0.1) is 0 Å². The maximum atomic E-state index is 12.1. The van der Waals surface area contributed by atoms with Crippen molar-refractivity contribution in [1.82, 2.24) is 15.3 Å². The number of hydrogen-bond donors (Lipinski definition) is 2. The minimum Gasteiger partial charge on any atom is -0.465 e. The number of hydrogen-bond acceptors (Lipinski definition) is 4. The monoisotopic (exact) mass is 351 g/mol. The molecule has 0 saturated heterocycles. The summed E-state index contributed by atoms with van der Waals surface area (Å²) in [6.45, 7) is 5.37. The Hall–Kier alpha value is -1.36. The van der Waals surface area contributed by atoms with Gasteiger partial charge in [0, 0.05) is 18.3 Å². The number of imidazole rings is 1. The minimum atomic E-state index is -0.293. The third-order valence-electron chi connectivity index (χ3n) is 4.47. The van der Waals surface area contributed by atoms with Crippen LogP contribution in [0.3, 0.4) is 0 Å². The Kier molecular flexibility index (Phi) is 13.0. The van der Waals surface area contributed by atoms with Gasteiger partial charge in [-0.3, -0.25) is 4.79 Å². The number of ether oxygens (including phenoxy) is 1. The number of aromatic nitrogens is 2. The van der Waals surface area contributed by atoms with E-state index in [1.54, 1.807) is 12.5 Å². The summed E-state index contributed by atoms with van der Waals surface area (Å²) in [5.41, 5.74) is 0.952. The second kappa shape index (κ2) is 14.9. The molecule has 0 aliphatic carbocycles. The molecule has 144 valence electrons. The Morgan fingerprint density at radius 2 is 1.72 bits per heavy atom. The van der Waals surface area contributed by atoms with Gasteiger partial charge in [-0.05, 0) is 19.9 Å². The van der Waals surface area contributed by atoms with Crippen molar-refractivity contribution >= 4 is 5.97 Å². The summed E-state index contributed by atoms with van der Waals surface area (Å²) in [6, 6.07) is -0.293. The number of carbonyl (C=O) groups is 1. The number of carbonyl (C=O) groups excluding carboxylic acids is 1. The molecule has 0 aliphatic rings.